The van der Waals surface area contributed by atoms with Crippen molar-refractivity contribution in [3.63, 3.8) is 0 Å². The van der Waals surface area contributed by atoms with E-state index < -0.39 is 0 Å². The second-order valence-corrected chi connectivity index (χ2v) is 6.08. The molecule has 0 bridgehead atoms. The molecule has 1 unspecified atom stereocenters. The van der Waals surface area contributed by atoms with Crippen LogP contribution in [0.2, 0.25) is 0 Å². The summed E-state index contributed by atoms with van der Waals surface area (Å²) in [6.45, 7) is 5.49. The summed E-state index contributed by atoms with van der Waals surface area (Å²) < 4.78 is 0. The van der Waals surface area contributed by atoms with E-state index in [-0.39, 0.29) is 0 Å². The molecule has 0 heterocycles. The van der Waals surface area contributed by atoms with E-state index >= 15 is 0 Å². The molecule has 1 atom stereocenters. The van der Waals surface area contributed by atoms with Gasteiger partial charge in [-0.2, -0.15) is 0 Å². The first-order chi connectivity index (χ1) is 9.11. The van der Waals surface area contributed by atoms with Gasteiger partial charge in [0.05, 0.1) is 0 Å². The molecular weight excluding hydrogens is 232 g/mol. The number of hydrogen-bond donors (Lipinski definition) is 1. The Hall–Kier alpha value is -0.860. The minimum absolute atomic E-state index is 0.436. The van der Waals surface area contributed by atoms with Gasteiger partial charge in [0.15, 0.2) is 0 Å². The number of hydrogen-bond acceptors (Lipinski definition) is 2. The van der Waals surface area contributed by atoms with Crippen LogP contribution in [0.1, 0.15) is 48.4 Å². The molecule has 19 heavy (non-hydrogen) atoms. The third kappa shape index (κ3) is 3.58. The standard InChI is InChI=1S/C17H28N2/c1-13-9-10-16(14(2)11-13)17(18-3)12-19(4)15-7-5-6-8-15/h9-11,15,17-18H,5-8,12H2,1-4H3. The molecule has 2 nitrogen and oxygen atoms in total. The Morgan fingerprint density at radius 2 is 1.95 bits per heavy atom. The fraction of sp³-hybridized carbons (Fsp3) is 0.647. The van der Waals surface area contributed by atoms with E-state index in [1.54, 1.807) is 0 Å². The van der Waals surface area contributed by atoms with Gasteiger partial charge in [0.1, 0.15) is 0 Å². The van der Waals surface area contributed by atoms with Crippen LogP contribution in [-0.2, 0) is 0 Å². The summed E-state index contributed by atoms with van der Waals surface area (Å²) in [6.07, 6.45) is 5.56. The van der Waals surface area contributed by atoms with Crippen molar-refractivity contribution in [2.45, 2.75) is 51.6 Å². The zero-order valence-corrected chi connectivity index (χ0v) is 12.9. The second kappa shape index (κ2) is 6.53. The second-order valence-electron chi connectivity index (χ2n) is 6.08. The van der Waals surface area contributed by atoms with Gasteiger partial charge in [0, 0.05) is 18.6 Å². The average Bonchev–Trinajstić information content (AvgIpc) is 2.90. The lowest BCUT2D eigenvalue weighted by atomic mass is 9.98. The molecule has 0 saturated heterocycles. The Labute approximate surface area is 118 Å². The SMILES string of the molecule is CNC(CN(C)C1CCCC1)c1ccc(C)cc1C. The van der Waals surface area contributed by atoms with Gasteiger partial charge in [-0.1, -0.05) is 36.6 Å². The molecule has 1 aromatic rings. The van der Waals surface area contributed by atoms with Crippen LogP contribution < -0.4 is 5.32 Å². The predicted octanol–water partition coefficient (Wildman–Crippen LogP) is 3.44. The van der Waals surface area contributed by atoms with Crippen molar-refractivity contribution in [1.82, 2.24) is 10.2 Å². The van der Waals surface area contributed by atoms with E-state index in [9.17, 15) is 0 Å². The van der Waals surface area contributed by atoms with E-state index in [1.165, 1.54) is 42.4 Å². The molecule has 0 aromatic heterocycles. The Balaban J connectivity index is 2.06. The molecule has 1 N–H and O–H groups in total. The van der Waals surface area contributed by atoms with Crippen molar-refractivity contribution in [2.75, 3.05) is 20.6 Å². The van der Waals surface area contributed by atoms with Crippen LogP contribution >= 0.6 is 0 Å². The van der Waals surface area contributed by atoms with E-state index in [0.29, 0.717) is 6.04 Å². The first-order valence-corrected chi connectivity index (χ1v) is 7.56. The van der Waals surface area contributed by atoms with Gasteiger partial charge in [-0.05, 0) is 51.9 Å². The number of likely N-dealkylation sites (N-methyl/N-ethyl adjacent to an activating group) is 2. The molecule has 1 aromatic carbocycles. The van der Waals surface area contributed by atoms with Crippen molar-refractivity contribution in [3.8, 4) is 0 Å². The summed E-state index contributed by atoms with van der Waals surface area (Å²) in [5.41, 5.74) is 4.19. The molecule has 0 amide bonds. The largest absolute Gasteiger partial charge is 0.312 e. The maximum atomic E-state index is 3.49. The molecule has 106 valence electrons. The first kappa shape index (κ1) is 14.5. The van der Waals surface area contributed by atoms with Gasteiger partial charge in [-0.25, -0.2) is 0 Å². The molecule has 2 heteroatoms. The molecule has 1 fully saturated rings. The van der Waals surface area contributed by atoms with Crippen molar-refractivity contribution >= 4 is 0 Å². The summed E-state index contributed by atoms with van der Waals surface area (Å²) in [5.74, 6) is 0. The van der Waals surface area contributed by atoms with Gasteiger partial charge < -0.3 is 10.2 Å². The third-order valence-corrected chi connectivity index (χ3v) is 4.57. The fourth-order valence-electron chi connectivity index (χ4n) is 3.34. The zero-order chi connectivity index (χ0) is 13.8. The highest BCUT2D eigenvalue weighted by atomic mass is 15.2. The Morgan fingerprint density at radius 3 is 2.53 bits per heavy atom. The fourth-order valence-corrected chi connectivity index (χ4v) is 3.34. The van der Waals surface area contributed by atoms with Crippen LogP contribution in [0.15, 0.2) is 18.2 Å². The molecule has 0 aliphatic heterocycles. The van der Waals surface area contributed by atoms with Crippen LogP contribution in [0.5, 0.6) is 0 Å². The van der Waals surface area contributed by atoms with Gasteiger partial charge in [-0.15, -0.1) is 0 Å². The average molecular weight is 260 g/mol. The van der Waals surface area contributed by atoms with E-state index in [1.807, 2.05) is 0 Å². The van der Waals surface area contributed by atoms with Crippen LogP contribution in [0.25, 0.3) is 0 Å². The van der Waals surface area contributed by atoms with Crippen molar-refractivity contribution in [1.29, 1.82) is 0 Å². The molecular formula is C17H28N2. The zero-order valence-electron chi connectivity index (χ0n) is 12.9. The molecule has 2 rings (SSSR count). The lowest BCUT2D eigenvalue weighted by molar-refractivity contribution is 0.222. The van der Waals surface area contributed by atoms with Crippen LogP contribution in [0.4, 0.5) is 0 Å². The summed E-state index contributed by atoms with van der Waals surface area (Å²) >= 11 is 0. The molecule has 0 spiro atoms. The summed E-state index contributed by atoms with van der Waals surface area (Å²) in [4.78, 5) is 2.55. The monoisotopic (exact) mass is 260 g/mol. The number of nitrogens with zero attached hydrogens (tertiary/aromatic N) is 1. The summed E-state index contributed by atoms with van der Waals surface area (Å²) in [5, 5.41) is 3.49. The minimum Gasteiger partial charge on any atom is -0.312 e. The highest BCUT2D eigenvalue weighted by molar-refractivity contribution is 5.33. The Bertz CT molecular complexity index is 408. The quantitative estimate of drug-likeness (QED) is 0.872. The topological polar surface area (TPSA) is 15.3 Å². The number of nitrogens with one attached hydrogen (secondary N) is 1. The van der Waals surface area contributed by atoms with Gasteiger partial charge >= 0.3 is 0 Å². The highest BCUT2D eigenvalue weighted by Crippen LogP contribution is 2.25. The molecule has 1 saturated carbocycles. The first-order valence-electron chi connectivity index (χ1n) is 7.56. The maximum Gasteiger partial charge on any atom is 0.0449 e. The third-order valence-electron chi connectivity index (χ3n) is 4.57. The molecule has 0 radical (unpaired) electrons. The van der Waals surface area contributed by atoms with E-state index in [0.717, 1.165) is 12.6 Å². The van der Waals surface area contributed by atoms with Crippen LogP contribution in [0.3, 0.4) is 0 Å². The number of rotatable bonds is 5. The summed E-state index contributed by atoms with van der Waals surface area (Å²) in [7, 11) is 4.36. The van der Waals surface area contributed by atoms with Gasteiger partial charge in [0.25, 0.3) is 0 Å². The normalized spacial score (nSPS) is 18.2. The predicted molar refractivity (Wildman–Crippen MR) is 82.6 cm³/mol. The summed E-state index contributed by atoms with van der Waals surface area (Å²) in [6, 6.07) is 8.03. The lowest BCUT2D eigenvalue weighted by Crippen LogP contribution is -2.37. The van der Waals surface area contributed by atoms with Crippen LogP contribution in [0, 0.1) is 13.8 Å². The molecule has 1 aliphatic carbocycles. The van der Waals surface area contributed by atoms with E-state index in [2.05, 4.69) is 56.4 Å². The smallest absolute Gasteiger partial charge is 0.0449 e. The molecule has 1 aliphatic rings. The highest BCUT2D eigenvalue weighted by Gasteiger charge is 2.22. The maximum absolute atomic E-state index is 3.49. The van der Waals surface area contributed by atoms with Crippen molar-refractivity contribution < 1.29 is 0 Å². The number of aryl methyl sites for hydroxylation is 2. The van der Waals surface area contributed by atoms with Gasteiger partial charge in [-0.3, -0.25) is 0 Å². The van der Waals surface area contributed by atoms with Crippen LogP contribution in [-0.4, -0.2) is 31.6 Å². The van der Waals surface area contributed by atoms with Crippen molar-refractivity contribution in [3.05, 3.63) is 34.9 Å². The van der Waals surface area contributed by atoms with Crippen molar-refractivity contribution in [2.24, 2.45) is 0 Å². The lowest BCUT2D eigenvalue weighted by Gasteiger charge is -2.29. The number of benzene rings is 1. The minimum atomic E-state index is 0.436. The van der Waals surface area contributed by atoms with E-state index in [4.69, 9.17) is 0 Å². The van der Waals surface area contributed by atoms with Gasteiger partial charge in [0.2, 0.25) is 0 Å². The Kier molecular flexibility index (Phi) is 5.00. The Morgan fingerprint density at radius 1 is 1.26 bits per heavy atom.